The number of aliphatic hydroxyl groups is 1. The molecule has 0 heterocycles. The molecule has 0 bridgehead atoms. The lowest BCUT2D eigenvalue weighted by atomic mass is 10.2. The normalized spacial score (nSPS) is 13.5. The second-order valence-electron chi connectivity index (χ2n) is 4.10. The number of rotatable bonds is 7. The lowest BCUT2D eigenvalue weighted by molar-refractivity contribution is 0.281. The van der Waals surface area contributed by atoms with Gasteiger partial charge in [0.25, 0.3) is 0 Å². The third-order valence-electron chi connectivity index (χ3n) is 2.65. The Morgan fingerprint density at radius 3 is 2.68 bits per heavy atom. The van der Waals surface area contributed by atoms with Crippen LogP contribution in [-0.4, -0.2) is 31.6 Å². The average Bonchev–Trinajstić information content (AvgIpc) is 2.38. The molecule has 0 saturated heterocycles. The Morgan fingerprint density at radius 2 is 2.16 bits per heavy atom. The molecule has 4 nitrogen and oxygen atoms in total. The highest BCUT2D eigenvalue weighted by molar-refractivity contribution is 7.98. The average molecular weight is 324 g/mol. The summed E-state index contributed by atoms with van der Waals surface area (Å²) in [5.74, 6) is 0.701. The second-order valence-corrected chi connectivity index (χ2v) is 7.10. The maximum Gasteiger partial charge on any atom is 0.242 e. The molecule has 0 aliphatic rings. The topological polar surface area (TPSA) is 66.4 Å². The molecular weight excluding hydrogens is 306 g/mol. The molecule has 108 valence electrons. The number of hydrogen-bond donors (Lipinski definition) is 2. The first kappa shape index (κ1) is 16.8. The van der Waals surface area contributed by atoms with E-state index in [0.29, 0.717) is 17.7 Å². The van der Waals surface area contributed by atoms with Crippen LogP contribution in [0, 0.1) is 0 Å². The number of halogens is 1. The molecule has 0 aromatic heterocycles. The highest BCUT2D eigenvalue weighted by atomic mass is 35.5. The molecule has 7 heteroatoms. The summed E-state index contributed by atoms with van der Waals surface area (Å²) >= 11 is 7.52. The molecule has 1 atom stereocenters. The molecule has 0 aliphatic heterocycles. The smallest absolute Gasteiger partial charge is 0.242 e. The molecule has 0 fully saturated rings. The van der Waals surface area contributed by atoms with Gasteiger partial charge in [0, 0.05) is 11.8 Å². The van der Waals surface area contributed by atoms with E-state index in [1.54, 1.807) is 17.8 Å². The third kappa shape index (κ3) is 4.65. The summed E-state index contributed by atoms with van der Waals surface area (Å²) in [5, 5.41) is 9.23. The van der Waals surface area contributed by atoms with Crippen LogP contribution in [-0.2, 0) is 16.6 Å². The molecule has 19 heavy (non-hydrogen) atoms. The predicted molar refractivity (Wildman–Crippen MR) is 80.2 cm³/mol. The Hall–Kier alpha value is -0.270. The van der Waals surface area contributed by atoms with Crippen molar-refractivity contribution in [1.82, 2.24) is 4.72 Å². The van der Waals surface area contributed by atoms with Gasteiger partial charge < -0.3 is 5.11 Å². The Bertz CT molecular complexity index is 520. The first-order chi connectivity index (χ1) is 8.94. The lowest BCUT2D eigenvalue weighted by Gasteiger charge is -2.17. The van der Waals surface area contributed by atoms with Crippen LogP contribution in [0.25, 0.3) is 0 Å². The molecular formula is C12H18ClNO3S2. The standard InChI is InChI=1S/C12H18ClNO3S2/c1-3-10(8-18-2)14-19(16,17)12-6-9(7-15)4-5-11(12)13/h4-6,10,14-15H,3,7-8H2,1-2H3. The van der Waals surface area contributed by atoms with Crippen LogP contribution in [0.15, 0.2) is 23.1 Å². The van der Waals surface area contributed by atoms with E-state index in [2.05, 4.69) is 4.72 Å². The number of aliphatic hydroxyl groups excluding tert-OH is 1. The molecule has 0 radical (unpaired) electrons. The minimum Gasteiger partial charge on any atom is -0.392 e. The minimum absolute atomic E-state index is 0.0141. The van der Waals surface area contributed by atoms with Gasteiger partial charge in [-0.2, -0.15) is 11.8 Å². The van der Waals surface area contributed by atoms with Crippen molar-refractivity contribution in [3.05, 3.63) is 28.8 Å². The van der Waals surface area contributed by atoms with Crippen LogP contribution in [0.4, 0.5) is 0 Å². The molecule has 0 aliphatic carbocycles. The van der Waals surface area contributed by atoms with Gasteiger partial charge in [-0.25, -0.2) is 13.1 Å². The van der Waals surface area contributed by atoms with Crippen LogP contribution in [0.3, 0.4) is 0 Å². The Labute approximate surface area is 123 Å². The van der Waals surface area contributed by atoms with E-state index in [9.17, 15) is 8.42 Å². The van der Waals surface area contributed by atoms with Crippen LogP contribution in [0.5, 0.6) is 0 Å². The highest BCUT2D eigenvalue weighted by Crippen LogP contribution is 2.23. The van der Waals surface area contributed by atoms with E-state index in [1.165, 1.54) is 12.1 Å². The van der Waals surface area contributed by atoms with E-state index in [0.717, 1.165) is 0 Å². The second kappa shape index (κ2) is 7.50. The van der Waals surface area contributed by atoms with E-state index in [4.69, 9.17) is 16.7 Å². The Kier molecular flexibility index (Phi) is 6.62. The molecule has 1 aromatic rings. The zero-order valence-electron chi connectivity index (χ0n) is 10.9. The van der Waals surface area contributed by atoms with Crippen molar-refractivity contribution in [3.63, 3.8) is 0 Å². The summed E-state index contributed by atoms with van der Waals surface area (Å²) < 4.78 is 27.2. The quantitative estimate of drug-likeness (QED) is 0.807. The van der Waals surface area contributed by atoms with Crippen molar-refractivity contribution >= 4 is 33.4 Å². The van der Waals surface area contributed by atoms with Gasteiger partial charge in [0.15, 0.2) is 0 Å². The van der Waals surface area contributed by atoms with Gasteiger partial charge in [0.1, 0.15) is 4.90 Å². The fourth-order valence-electron chi connectivity index (χ4n) is 1.57. The maximum absolute atomic E-state index is 12.3. The minimum atomic E-state index is -3.66. The van der Waals surface area contributed by atoms with Crippen molar-refractivity contribution in [2.24, 2.45) is 0 Å². The van der Waals surface area contributed by atoms with Gasteiger partial charge in [-0.3, -0.25) is 0 Å². The first-order valence-electron chi connectivity index (χ1n) is 5.85. The molecule has 0 saturated carbocycles. The van der Waals surface area contributed by atoms with E-state index in [-0.39, 0.29) is 22.6 Å². The van der Waals surface area contributed by atoms with Crippen LogP contribution >= 0.6 is 23.4 Å². The fraction of sp³-hybridized carbons (Fsp3) is 0.500. The highest BCUT2D eigenvalue weighted by Gasteiger charge is 2.21. The SMILES string of the molecule is CCC(CSC)NS(=O)(=O)c1cc(CO)ccc1Cl. The van der Waals surface area contributed by atoms with Gasteiger partial charge in [-0.1, -0.05) is 24.6 Å². The van der Waals surface area contributed by atoms with E-state index < -0.39 is 10.0 Å². The largest absolute Gasteiger partial charge is 0.392 e. The lowest BCUT2D eigenvalue weighted by Crippen LogP contribution is -2.36. The summed E-state index contributed by atoms with van der Waals surface area (Å²) in [5.41, 5.74) is 0.516. The fourth-order valence-corrected chi connectivity index (χ4v) is 4.27. The molecule has 1 aromatic carbocycles. The molecule has 0 amide bonds. The number of hydrogen-bond acceptors (Lipinski definition) is 4. The third-order valence-corrected chi connectivity index (χ3v) is 5.39. The van der Waals surface area contributed by atoms with Gasteiger partial charge in [0.2, 0.25) is 10.0 Å². The predicted octanol–water partition coefficient (Wildman–Crippen LogP) is 2.25. The van der Waals surface area contributed by atoms with Crippen LogP contribution < -0.4 is 4.72 Å². The molecule has 2 N–H and O–H groups in total. The molecule has 1 unspecified atom stereocenters. The first-order valence-corrected chi connectivity index (χ1v) is 9.10. The zero-order valence-corrected chi connectivity index (χ0v) is 13.3. The molecule has 1 rings (SSSR count). The number of thioether (sulfide) groups is 1. The molecule has 0 spiro atoms. The maximum atomic E-state index is 12.3. The van der Waals surface area contributed by atoms with E-state index in [1.807, 2.05) is 13.2 Å². The Balaban J connectivity index is 3.05. The number of nitrogens with one attached hydrogen (secondary N) is 1. The van der Waals surface area contributed by atoms with Gasteiger partial charge in [-0.15, -0.1) is 0 Å². The zero-order chi connectivity index (χ0) is 14.5. The summed E-state index contributed by atoms with van der Waals surface area (Å²) in [6.45, 7) is 1.71. The van der Waals surface area contributed by atoms with Crippen LogP contribution in [0.1, 0.15) is 18.9 Å². The van der Waals surface area contributed by atoms with Crippen LogP contribution in [0.2, 0.25) is 5.02 Å². The summed E-state index contributed by atoms with van der Waals surface area (Å²) in [6, 6.07) is 4.35. The van der Waals surface area contributed by atoms with Gasteiger partial charge in [-0.05, 0) is 30.4 Å². The van der Waals surface area contributed by atoms with Gasteiger partial charge in [0.05, 0.1) is 11.6 Å². The Morgan fingerprint density at radius 1 is 1.47 bits per heavy atom. The van der Waals surface area contributed by atoms with Crippen molar-refractivity contribution in [1.29, 1.82) is 0 Å². The van der Waals surface area contributed by atoms with Crippen molar-refractivity contribution in [2.45, 2.75) is 30.9 Å². The van der Waals surface area contributed by atoms with E-state index >= 15 is 0 Å². The number of sulfonamides is 1. The van der Waals surface area contributed by atoms with Crippen molar-refractivity contribution < 1.29 is 13.5 Å². The summed E-state index contributed by atoms with van der Waals surface area (Å²) in [7, 11) is -3.66. The summed E-state index contributed by atoms with van der Waals surface area (Å²) in [4.78, 5) is 0.0141. The van der Waals surface area contributed by atoms with Crippen molar-refractivity contribution in [3.8, 4) is 0 Å². The number of benzene rings is 1. The monoisotopic (exact) mass is 323 g/mol. The van der Waals surface area contributed by atoms with Crippen molar-refractivity contribution in [2.75, 3.05) is 12.0 Å². The summed E-state index contributed by atoms with van der Waals surface area (Å²) in [6.07, 6.45) is 2.63. The van der Waals surface area contributed by atoms with Gasteiger partial charge >= 0.3 is 0 Å².